The topological polar surface area (TPSA) is 381 Å². The molecule has 0 aliphatic heterocycles. The number of aliphatic hydroxyl groups is 1. The number of carbonyl (C=O) groups is 8. The first kappa shape index (κ1) is 59.7. The van der Waals surface area contributed by atoms with Crippen molar-refractivity contribution in [2.24, 2.45) is 23.1 Å². The number of para-hydroxylation sites is 1. The molecule has 4 aromatic rings. The number of aromatic hydroxyl groups is 1. The Balaban J connectivity index is 1.62. The zero-order valence-corrected chi connectivity index (χ0v) is 43.3. The van der Waals surface area contributed by atoms with Gasteiger partial charge in [-0.15, -0.1) is 0 Å². The van der Waals surface area contributed by atoms with E-state index in [2.05, 4.69) is 67.5 Å². The number of benzene rings is 3. The highest BCUT2D eigenvalue weighted by Gasteiger charge is 2.35. The number of H-pyrrole nitrogens is 1. The second-order valence-electron chi connectivity index (χ2n) is 18.3. The predicted molar refractivity (Wildman–Crippen MR) is 286 cm³/mol. The number of phenols is 1. The van der Waals surface area contributed by atoms with Crippen LogP contribution in [0.3, 0.4) is 0 Å². The number of aromatic amines is 1. The summed E-state index contributed by atoms with van der Waals surface area (Å²) in [6.45, 7) is 4.80. The lowest BCUT2D eigenvalue weighted by molar-refractivity contribution is -0.136. The lowest BCUT2D eigenvalue weighted by atomic mass is 10.00. The number of nitrogen functional groups attached to an aromatic ring is 1. The molecule has 0 spiro atoms. The number of hydrogen-bond acceptors (Lipinski definition) is 15. The maximum Gasteiger partial charge on any atom is 0.244 e. The van der Waals surface area contributed by atoms with Crippen LogP contribution < -0.4 is 60.2 Å². The Morgan fingerprint density at radius 2 is 1.08 bits per heavy atom. The van der Waals surface area contributed by atoms with Gasteiger partial charge in [0.05, 0.1) is 12.1 Å². The number of aliphatic hydroxyl groups excluding tert-OH is 1. The van der Waals surface area contributed by atoms with Crippen molar-refractivity contribution in [2.45, 2.75) is 114 Å². The molecule has 0 fully saturated rings. The van der Waals surface area contributed by atoms with Crippen molar-refractivity contribution >= 4 is 89.1 Å². The van der Waals surface area contributed by atoms with Crippen LogP contribution in [0.25, 0.3) is 10.9 Å². The van der Waals surface area contributed by atoms with Gasteiger partial charge in [0, 0.05) is 47.1 Å². The zero-order chi connectivity index (χ0) is 54.6. The molecule has 0 saturated carbocycles. The minimum Gasteiger partial charge on any atom is -0.508 e. The van der Waals surface area contributed by atoms with Crippen LogP contribution in [-0.2, 0) is 57.6 Å². The van der Waals surface area contributed by atoms with E-state index in [0.29, 0.717) is 29.7 Å². The summed E-state index contributed by atoms with van der Waals surface area (Å²) < 4.78 is 0. The van der Waals surface area contributed by atoms with Gasteiger partial charge in [0.25, 0.3) is 0 Å². The zero-order valence-electron chi connectivity index (χ0n) is 41.5. The molecular weight excluding hydrogens is 993 g/mol. The first-order valence-corrected chi connectivity index (χ1v) is 25.4. The van der Waals surface area contributed by atoms with E-state index in [0.717, 1.165) is 16.5 Å². The molecule has 1 aromatic heterocycles. The number of anilines is 1. The van der Waals surface area contributed by atoms with Crippen molar-refractivity contribution in [3.8, 4) is 5.75 Å². The number of nitrogens with one attached hydrogen (secondary N) is 8. The Morgan fingerprint density at radius 3 is 1.65 bits per heavy atom. The molecule has 74 heavy (non-hydrogen) atoms. The molecule has 1 heterocycles. The van der Waals surface area contributed by atoms with Crippen LogP contribution in [0.4, 0.5) is 5.69 Å². The largest absolute Gasteiger partial charge is 0.508 e. The standard InChI is InChI=1S/C50H70N12O10S2/c1-26(2)41(50(72)60-40(25-74)49(71)62-42(27(3)63)43(54)65)61-45(67)36(10-6-7-19-51)56-47(69)38(22-30-23-55-35-9-5-4-8-33(30)35)58-46(68)37(21-29-13-17-32(64)18-14-29)57-48(70)39(24-73)59-44(66)34(53)20-28-11-15-31(52)16-12-28/h4-5,8-9,11-18,23,26-27,34,36-42,55,63-64,73-74H,6-7,10,19-22,24-25,51-53H2,1-3H3,(H2,54,65)(H,56,69)(H,57,70)(H,58,68)(H,59,66)(H,60,72)(H,61,67)(H,62,71)/t27-,34-,36+,37+,38-,39+,40+,41+,42-/m1/s1. The first-order chi connectivity index (χ1) is 35.1. The molecule has 3 aromatic carbocycles. The fourth-order valence-corrected chi connectivity index (χ4v) is 8.30. The van der Waals surface area contributed by atoms with Gasteiger partial charge in [0.15, 0.2) is 0 Å². The van der Waals surface area contributed by atoms with Crippen LogP contribution in [0, 0.1) is 5.92 Å². The number of nitrogens with two attached hydrogens (primary N) is 4. The highest BCUT2D eigenvalue weighted by atomic mass is 32.1. The number of amides is 8. The van der Waals surface area contributed by atoms with Crippen LogP contribution in [0.1, 0.15) is 56.7 Å². The Morgan fingerprint density at radius 1 is 0.595 bits per heavy atom. The van der Waals surface area contributed by atoms with Crippen LogP contribution >= 0.6 is 25.3 Å². The monoisotopic (exact) mass is 1060 g/mol. The smallest absolute Gasteiger partial charge is 0.244 e. The maximum absolute atomic E-state index is 14.7. The third kappa shape index (κ3) is 18.0. The number of hydrogen-bond donors (Lipinski definition) is 16. The third-order valence-corrected chi connectivity index (χ3v) is 12.8. The molecule has 0 aliphatic rings. The van der Waals surface area contributed by atoms with Gasteiger partial charge in [-0.25, -0.2) is 0 Å². The number of carbonyl (C=O) groups excluding carboxylic acids is 8. The van der Waals surface area contributed by atoms with E-state index < -0.39 is 108 Å². The Hall–Kier alpha value is -6.86. The van der Waals surface area contributed by atoms with Crippen molar-refractivity contribution in [3.05, 3.63) is 95.7 Å². The number of unbranched alkanes of at least 4 members (excludes halogenated alkanes) is 1. The highest BCUT2D eigenvalue weighted by Crippen LogP contribution is 2.20. The summed E-state index contributed by atoms with van der Waals surface area (Å²) in [6, 6.07) is 9.48. The molecule has 9 atom stereocenters. The molecule has 0 unspecified atom stereocenters. The minimum atomic E-state index is -1.46. The summed E-state index contributed by atoms with van der Waals surface area (Å²) in [4.78, 5) is 113. The second-order valence-corrected chi connectivity index (χ2v) is 19.0. The molecule has 0 radical (unpaired) electrons. The van der Waals surface area contributed by atoms with Gasteiger partial charge in [0.2, 0.25) is 47.3 Å². The number of primary amides is 1. The van der Waals surface area contributed by atoms with Gasteiger partial charge < -0.3 is 75.3 Å². The lowest BCUT2D eigenvalue weighted by Gasteiger charge is -2.29. The van der Waals surface area contributed by atoms with Gasteiger partial charge in [-0.3, -0.25) is 38.4 Å². The number of rotatable bonds is 29. The van der Waals surface area contributed by atoms with E-state index >= 15 is 0 Å². The maximum atomic E-state index is 14.7. The number of fused-ring (bicyclic) bond motifs is 1. The van der Waals surface area contributed by atoms with Gasteiger partial charge in [-0.1, -0.05) is 56.3 Å². The van der Waals surface area contributed by atoms with E-state index in [1.165, 1.54) is 19.1 Å². The Labute approximate surface area is 440 Å². The summed E-state index contributed by atoms with van der Waals surface area (Å²) in [6.07, 6.45) is 1.06. The van der Waals surface area contributed by atoms with Gasteiger partial charge in [0.1, 0.15) is 48.0 Å². The average Bonchev–Trinajstić information content (AvgIpc) is 3.77. The number of phenolic OH excluding ortho intramolecular Hbond substituents is 1. The summed E-state index contributed by atoms with van der Waals surface area (Å²) in [5, 5.41) is 39.1. The van der Waals surface area contributed by atoms with E-state index in [1.807, 2.05) is 18.2 Å². The molecule has 24 heteroatoms. The molecule has 8 amide bonds. The van der Waals surface area contributed by atoms with Gasteiger partial charge in [-0.05, 0) is 92.1 Å². The molecule has 0 aliphatic carbocycles. The fraction of sp³-hybridized carbons (Fsp3) is 0.440. The van der Waals surface area contributed by atoms with Crippen LogP contribution in [0.2, 0.25) is 0 Å². The second kappa shape index (κ2) is 29.1. The summed E-state index contributed by atoms with van der Waals surface area (Å²) in [5.74, 6) is -7.58. The van der Waals surface area contributed by atoms with E-state index in [-0.39, 0.29) is 49.5 Å². The molecule has 18 N–H and O–H groups in total. The van der Waals surface area contributed by atoms with Crippen LogP contribution in [0.5, 0.6) is 5.75 Å². The Kier molecular flexibility index (Phi) is 23.5. The summed E-state index contributed by atoms with van der Waals surface area (Å²) >= 11 is 8.48. The van der Waals surface area contributed by atoms with E-state index in [1.54, 1.807) is 62.5 Å². The summed E-state index contributed by atoms with van der Waals surface area (Å²) in [7, 11) is 0. The highest BCUT2D eigenvalue weighted by molar-refractivity contribution is 7.80. The minimum absolute atomic E-state index is 0.0461. The van der Waals surface area contributed by atoms with Crippen LogP contribution in [-0.4, -0.2) is 135 Å². The van der Waals surface area contributed by atoms with E-state index in [9.17, 15) is 48.6 Å². The van der Waals surface area contributed by atoms with Gasteiger partial charge in [-0.2, -0.15) is 25.3 Å². The first-order valence-electron chi connectivity index (χ1n) is 24.1. The van der Waals surface area contributed by atoms with Crippen molar-refractivity contribution in [3.63, 3.8) is 0 Å². The average molecular weight is 1060 g/mol. The molecule has 0 saturated heterocycles. The molecular formula is C50H70N12O10S2. The van der Waals surface area contributed by atoms with E-state index in [4.69, 9.17) is 22.9 Å². The lowest BCUT2D eigenvalue weighted by Crippen LogP contribution is -2.62. The van der Waals surface area contributed by atoms with Crippen molar-refractivity contribution in [2.75, 3.05) is 23.8 Å². The van der Waals surface area contributed by atoms with Crippen molar-refractivity contribution < 1.29 is 48.6 Å². The number of thiol groups is 2. The number of aromatic nitrogens is 1. The quantitative estimate of drug-likeness (QED) is 0.0171. The molecule has 22 nitrogen and oxygen atoms in total. The third-order valence-electron chi connectivity index (χ3n) is 12.1. The Bertz CT molecular complexity index is 2550. The predicted octanol–water partition coefficient (Wildman–Crippen LogP) is -1.28. The summed E-state index contributed by atoms with van der Waals surface area (Å²) in [5.41, 5.74) is 26.3. The SMILES string of the molecule is CC(C)[C@H](NC(=O)[C@H](CCCCN)NC(=O)[C@@H](Cc1c[nH]c2ccccc12)NC(=O)[C@H](Cc1ccc(O)cc1)NC(=O)[C@H](CS)NC(=O)[C@H](N)Cc1ccc(N)cc1)C(=O)N[C@@H](CS)C(=O)N[C@@H](C(N)=O)[C@@H](C)O. The molecule has 402 valence electrons. The van der Waals surface area contributed by atoms with Crippen LogP contribution in [0.15, 0.2) is 79.0 Å². The molecule has 4 rings (SSSR count). The van der Waals surface area contributed by atoms with Gasteiger partial charge >= 0.3 is 0 Å². The van der Waals surface area contributed by atoms with Crippen molar-refractivity contribution in [1.82, 2.24) is 42.2 Å². The van der Waals surface area contributed by atoms with Crippen molar-refractivity contribution in [1.29, 1.82) is 0 Å². The molecule has 0 bridgehead atoms. The normalized spacial score (nSPS) is 14.9. The fourth-order valence-electron chi connectivity index (χ4n) is 7.79.